The van der Waals surface area contributed by atoms with Crippen molar-refractivity contribution in [3.05, 3.63) is 42.6 Å². The van der Waals surface area contributed by atoms with Crippen molar-refractivity contribution in [2.75, 3.05) is 13.7 Å². The predicted molar refractivity (Wildman–Crippen MR) is 63.8 cm³/mol. The molecule has 0 saturated carbocycles. The summed E-state index contributed by atoms with van der Waals surface area (Å²) < 4.78 is 5.07. The van der Waals surface area contributed by atoms with Crippen molar-refractivity contribution in [2.24, 2.45) is 5.73 Å². The smallest absolute Gasteiger partial charge is 0.118 e. The summed E-state index contributed by atoms with van der Waals surface area (Å²) in [7, 11) is 1.63. The van der Waals surface area contributed by atoms with Crippen molar-refractivity contribution in [2.45, 2.75) is 12.7 Å². The lowest BCUT2D eigenvalue weighted by atomic mass is 10.2. The molecule has 0 bridgehead atoms. The van der Waals surface area contributed by atoms with Crippen LogP contribution in [0.3, 0.4) is 0 Å². The average molecular weight is 222 g/mol. The second kappa shape index (κ2) is 6.15. The van der Waals surface area contributed by atoms with Crippen molar-refractivity contribution in [1.82, 2.24) is 4.90 Å². The zero-order chi connectivity index (χ0) is 12.0. The number of ether oxygens (including phenoxy) is 1. The molecule has 16 heavy (non-hydrogen) atoms. The lowest BCUT2D eigenvalue weighted by molar-refractivity contribution is 0.163. The summed E-state index contributed by atoms with van der Waals surface area (Å²) >= 11 is 0. The Morgan fingerprint density at radius 1 is 1.50 bits per heavy atom. The van der Waals surface area contributed by atoms with Crippen LogP contribution in [0.5, 0.6) is 5.75 Å². The topological polar surface area (TPSA) is 58.7 Å². The van der Waals surface area contributed by atoms with Crippen LogP contribution in [-0.4, -0.2) is 29.9 Å². The highest BCUT2D eigenvalue weighted by Crippen LogP contribution is 2.13. The van der Waals surface area contributed by atoms with E-state index in [-0.39, 0.29) is 6.61 Å². The minimum absolute atomic E-state index is 0.0951. The van der Waals surface area contributed by atoms with Crippen molar-refractivity contribution >= 4 is 0 Å². The number of benzene rings is 1. The molecule has 0 spiro atoms. The van der Waals surface area contributed by atoms with E-state index >= 15 is 0 Å². The Bertz CT molecular complexity index is 324. The summed E-state index contributed by atoms with van der Waals surface area (Å²) in [5.41, 5.74) is 6.80. The molecule has 0 saturated heterocycles. The first-order chi connectivity index (χ1) is 7.71. The fourth-order valence-electron chi connectivity index (χ4n) is 1.36. The molecule has 1 atom stereocenters. The normalized spacial score (nSPS) is 11.9. The molecular weight excluding hydrogens is 204 g/mol. The number of nitrogens with two attached hydrogens (primary N) is 1. The second-order valence-electron chi connectivity index (χ2n) is 3.45. The molecule has 0 aliphatic rings. The zero-order valence-corrected chi connectivity index (χ0v) is 9.47. The lowest BCUT2D eigenvalue weighted by Gasteiger charge is -2.25. The van der Waals surface area contributed by atoms with E-state index in [4.69, 9.17) is 15.6 Å². The summed E-state index contributed by atoms with van der Waals surface area (Å²) in [6.07, 6.45) is 1.21. The maximum absolute atomic E-state index is 8.96. The number of aliphatic hydroxyl groups is 1. The van der Waals surface area contributed by atoms with Crippen molar-refractivity contribution < 1.29 is 9.84 Å². The number of nitrogens with zero attached hydrogens (tertiary/aromatic N) is 1. The number of rotatable bonds is 6. The van der Waals surface area contributed by atoms with E-state index in [1.54, 1.807) is 18.2 Å². The predicted octanol–water partition coefficient (Wildman–Crippen LogP) is 0.918. The third-order valence-corrected chi connectivity index (χ3v) is 2.37. The molecule has 0 aliphatic carbocycles. The van der Waals surface area contributed by atoms with Crippen LogP contribution < -0.4 is 10.5 Å². The highest BCUT2D eigenvalue weighted by molar-refractivity contribution is 5.27. The molecule has 88 valence electrons. The van der Waals surface area contributed by atoms with Crippen molar-refractivity contribution in [1.29, 1.82) is 0 Å². The van der Waals surface area contributed by atoms with Crippen LogP contribution in [0.2, 0.25) is 0 Å². The molecule has 3 N–H and O–H groups in total. The average Bonchev–Trinajstić information content (AvgIpc) is 2.35. The highest BCUT2D eigenvalue weighted by atomic mass is 16.5. The van der Waals surface area contributed by atoms with Crippen LogP contribution in [0.15, 0.2) is 37.0 Å². The van der Waals surface area contributed by atoms with E-state index in [9.17, 15) is 0 Å². The zero-order valence-electron chi connectivity index (χ0n) is 9.47. The lowest BCUT2D eigenvalue weighted by Crippen LogP contribution is -2.40. The van der Waals surface area contributed by atoms with Crippen LogP contribution in [-0.2, 0) is 6.54 Å². The summed E-state index contributed by atoms with van der Waals surface area (Å²) in [5.74, 6) is 0.820. The monoisotopic (exact) mass is 222 g/mol. The maximum Gasteiger partial charge on any atom is 0.118 e. The van der Waals surface area contributed by atoms with Crippen LogP contribution in [0, 0.1) is 0 Å². The van der Waals surface area contributed by atoms with Crippen LogP contribution in [0.1, 0.15) is 5.56 Å². The van der Waals surface area contributed by atoms with E-state index < -0.39 is 6.17 Å². The van der Waals surface area contributed by atoms with Gasteiger partial charge in [-0.05, 0) is 23.9 Å². The van der Waals surface area contributed by atoms with E-state index in [0.717, 1.165) is 11.3 Å². The fraction of sp³-hybridized carbons (Fsp3) is 0.333. The van der Waals surface area contributed by atoms with E-state index in [0.29, 0.717) is 6.54 Å². The molecule has 4 heteroatoms. The van der Waals surface area contributed by atoms with Gasteiger partial charge in [-0.2, -0.15) is 0 Å². The summed E-state index contributed by atoms with van der Waals surface area (Å²) in [4.78, 5) is 1.78. The van der Waals surface area contributed by atoms with E-state index in [2.05, 4.69) is 6.58 Å². The first kappa shape index (κ1) is 12.5. The Morgan fingerprint density at radius 3 is 2.56 bits per heavy atom. The standard InChI is InChI=1S/C12H18N2O2/c1-3-14(12(13)9-15)8-10-4-6-11(16-2)7-5-10/h3-7,12,15H,1,8-9,13H2,2H3. The minimum atomic E-state index is -0.417. The summed E-state index contributed by atoms with van der Waals surface area (Å²) in [6, 6.07) is 7.70. The Balaban J connectivity index is 2.66. The maximum atomic E-state index is 8.96. The molecule has 0 aliphatic heterocycles. The van der Waals surface area contributed by atoms with Gasteiger partial charge in [-0.3, -0.25) is 0 Å². The Kier molecular flexibility index (Phi) is 4.82. The fourth-order valence-corrected chi connectivity index (χ4v) is 1.36. The van der Waals surface area contributed by atoms with Gasteiger partial charge in [0.05, 0.1) is 13.7 Å². The first-order valence-corrected chi connectivity index (χ1v) is 5.09. The molecule has 1 rings (SSSR count). The quantitative estimate of drug-likeness (QED) is 0.703. The van der Waals surface area contributed by atoms with Crippen LogP contribution in [0.25, 0.3) is 0 Å². The Hall–Kier alpha value is -1.52. The van der Waals surface area contributed by atoms with Gasteiger partial charge in [-0.1, -0.05) is 18.7 Å². The van der Waals surface area contributed by atoms with Gasteiger partial charge >= 0.3 is 0 Å². The van der Waals surface area contributed by atoms with Gasteiger partial charge in [0.15, 0.2) is 0 Å². The molecule has 1 unspecified atom stereocenters. The van der Waals surface area contributed by atoms with Gasteiger partial charge in [0.2, 0.25) is 0 Å². The third-order valence-electron chi connectivity index (χ3n) is 2.37. The molecule has 0 radical (unpaired) electrons. The third kappa shape index (κ3) is 3.25. The number of hydrogen-bond acceptors (Lipinski definition) is 4. The van der Waals surface area contributed by atoms with Gasteiger partial charge < -0.3 is 20.5 Å². The van der Waals surface area contributed by atoms with Crippen LogP contribution >= 0.6 is 0 Å². The van der Waals surface area contributed by atoms with E-state index in [1.165, 1.54) is 0 Å². The van der Waals surface area contributed by atoms with Gasteiger partial charge in [-0.25, -0.2) is 0 Å². The Morgan fingerprint density at radius 2 is 2.12 bits per heavy atom. The molecular formula is C12H18N2O2. The van der Waals surface area contributed by atoms with Gasteiger partial charge in [0.25, 0.3) is 0 Å². The number of aliphatic hydroxyl groups excluding tert-OH is 1. The van der Waals surface area contributed by atoms with E-state index in [1.807, 2.05) is 24.3 Å². The van der Waals surface area contributed by atoms with Gasteiger partial charge in [-0.15, -0.1) is 0 Å². The van der Waals surface area contributed by atoms with Crippen molar-refractivity contribution in [3.8, 4) is 5.75 Å². The highest BCUT2D eigenvalue weighted by Gasteiger charge is 2.08. The largest absolute Gasteiger partial charge is 0.497 e. The molecule has 1 aromatic rings. The summed E-state index contributed by atoms with van der Waals surface area (Å²) in [5, 5.41) is 8.96. The van der Waals surface area contributed by atoms with Crippen LogP contribution in [0.4, 0.5) is 0 Å². The number of hydrogen-bond donors (Lipinski definition) is 2. The van der Waals surface area contributed by atoms with Gasteiger partial charge in [0.1, 0.15) is 11.9 Å². The number of methoxy groups -OCH3 is 1. The second-order valence-corrected chi connectivity index (χ2v) is 3.45. The molecule has 1 aromatic carbocycles. The molecule has 4 nitrogen and oxygen atoms in total. The molecule has 0 heterocycles. The minimum Gasteiger partial charge on any atom is -0.497 e. The molecule has 0 fully saturated rings. The first-order valence-electron chi connectivity index (χ1n) is 5.09. The molecule has 0 amide bonds. The summed E-state index contributed by atoms with van der Waals surface area (Å²) in [6.45, 7) is 4.20. The Labute approximate surface area is 95.9 Å². The van der Waals surface area contributed by atoms with Crippen molar-refractivity contribution in [3.63, 3.8) is 0 Å². The SMILES string of the molecule is C=CN(Cc1ccc(OC)cc1)C(N)CO. The van der Waals surface area contributed by atoms with Gasteiger partial charge in [0, 0.05) is 6.54 Å². The molecule has 0 aromatic heterocycles.